The average molecular weight is 158 g/mol. The summed E-state index contributed by atoms with van der Waals surface area (Å²) in [7, 11) is 0. The highest BCUT2D eigenvalue weighted by Gasteiger charge is 2.09. The number of hydrogen-bond donors (Lipinski definition) is 0. The highest BCUT2D eigenvalue weighted by Crippen LogP contribution is 2.20. The van der Waals surface area contributed by atoms with Crippen molar-refractivity contribution in [1.82, 2.24) is 9.97 Å². The van der Waals surface area contributed by atoms with E-state index in [0.717, 1.165) is 12.2 Å². The van der Waals surface area contributed by atoms with E-state index in [4.69, 9.17) is 0 Å². The molecule has 12 heavy (non-hydrogen) atoms. The van der Waals surface area contributed by atoms with Crippen LogP contribution in [0.3, 0.4) is 0 Å². The number of allylic oxidation sites excluding steroid dienone is 4. The quantitative estimate of drug-likeness (QED) is 0.625. The van der Waals surface area contributed by atoms with Crippen LogP contribution in [0.4, 0.5) is 0 Å². The highest BCUT2D eigenvalue weighted by atomic mass is 14.9. The molecule has 0 N–H and O–H groups in total. The summed E-state index contributed by atoms with van der Waals surface area (Å²) in [4.78, 5) is 8.41. The van der Waals surface area contributed by atoms with Gasteiger partial charge in [-0.25, -0.2) is 9.97 Å². The third-order valence-electron chi connectivity index (χ3n) is 1.90. The van der Waals surface area contributed by atoms with Crippen molar-refractivity contribution in [3.8, 4) is 0 Å². The van der Waals surface area contributed by atoms with Crippen LogP contribution in [-0.4, -0.2) is 9.97 Å². The molecule has 0 spiro atoms. The zero-order valence-electron chi connectivity index (χ0n) is 6.72. The Labute approximate surface area is 71.7 Å². The number of hydrogen-bond acceptors (Lipinski definition) is 2. The van der Waals surface area contributed by atoms with E-state index in [2.05, 4.69) is 28.2 Å². The molecule has 60 valence electrons. The molecule has 1 unspecified atom stereocenters. The van der Waals surface area contributed by atoms with Crippen LogP contribution in [0, 0.1) is 0 Å². The van der Waals surface area contributed by atoms with Gasteiger partial charge in [-0.15, -0.1) is 0 Å². The minimum absolute atomic E-state index is 0.371. The molecule has 0 aromatic carbocycles. The zero-order chi connectivity index (χ0) is 8.23. The van der Waals surface area contributed by atoms with Crippen molar-refractivity contribution in [3.05, 3.63) is 48.6 Å². The Morgan fingerprint density at radius 3 is 2.67 bits per heavy atom. The van der Waals surface area contributed by atoms with Gasteiger partial charge in [-0.2, -0.15) is 0 Å². The van der Waals surface area contributed by atoms with Gasteiger partial charge in [0.05, 0.1) is 0 Å². The second kappa shape index (κ2) is 3.30. The van der Waals surface area contributed by atoms with Gasteiger partial charge in [-0.1, -0.05) is 24.3 Å². The predicted molar refractivity (Wildman–Crippen MR) is 47.7 cm³/mol. The minimum Gasteiger partial charge on any atom is -0.241 e. The molecule has 0 amide bonds. The summed E-state index contributed by atoms with van der Waals surface area (Å²) < 4.78 is 0. The molecule has 0 radical (unpaired) electrons. The maximum atomic E-state index is 4.21. The molecular weight excluding hydrogens is 148 g/mol. The lowest BCUT2D eigenvalue weighted by atomic mass is 10.0. The Morgan fingerprint density at radius 1 is 1.17 bits per heavy atom. The second-order valence-electron chi connectivity index (χ2n) is 2.76. The van der Waals surface area contributed by atoms with E-state index in [1.807, 2.05) is 12.1 Å². The van der Waals surface area contributed by atoms with Gasteiger partial charge in [0, 0.05) is 18.3 Å². The summed E-state index contributed by atoms with van der Waals surface area (Å²) in [6.07, 6.45) is 13.0. The van der Waals surface area contributed by atoms with Crippen molar-refractivity contribution in [2.24, 2.45) is 0 Å². The standard InChI is InChI=1S/C10H10N2/c1-2-5-9(6-3-1)10-11-7-4-8-12-10/h1-5,7-9H,6H2. The number of aromatic nitrogens is 2. The highest BCUT2D eigenvalue weighted by molar-refractivity contribution is 5.19. The first-order valence-electron chi connectivity index (χ1n) is 4.07. The SMILES string of the molecule is C1=CCC(c2ncccn2)C=C1. The average Bonchev–Trinajstić information content (AvgIpc) is 2.21. The van der Waals surface area contributed by atoms with E-state index in [9.17, 15) is 0 Å². The van der Waals surface area contributed by atoms with Crippen LogP contribution in [0.2, 0.25) is 0 Å². The summed E-state index contributed by atoms with van der Waals surface area (Å²) in [5.74, 6) is 1.29. The molecule has 2 heteroatoms. The third-order valence-corrected chi connectivity index (χ3v) is 1.90. The fraction of sp³-hybridized carbons (Fsp3) is 0.200. The molecule has 2 nitrogen and oxygen atoms in total. The van der Waals surface area contributed by atoms with Crippen molar-refractivity contribution in [3.63, 3.8) is 0 Å². The second-order valence-corrected chi connectivity index (χ2v) is 2.76. The normalized spacial score (nSPS) is 21.2. The molecule has 0 bridgehead atoms. The predicted octanol–water partition coefficient (Wildman–Crippen LogP) is 2.08. The first kappa shape index (κ1) is 7.22. The summed E-state index contributed by atoms with van der Waals surface area (Å²) in [5.41, 5.74) is 0. The largest absolute Gasteiger partial charge is 0.241 e. The van der Waals surface area contributed by atoms with Crippen LogP contribution in [0.25, 0.3) is 0 Å². The minimum atomic E-state index is 0.371. The van der Waals surface area contributed by atoms with Crippen molar-refractivity contribution < 1.29 is 0 Å². The van der Waals surface area contributed by atoms with E-state index in [1.54, 1.807) is 12.4 Å². The smallest absolute Gasteiger partial charge is 0.135 e. The number of nitrogens with zero attached hydrogens (tertiary/aromatic N) is 2. The Morgan fingerprint density at radius 2 is 2.00 bits per heavy atom. The molecule has 0 saturated carbocycles. The molecule has 1 aliphatic carbocycles. The summed E-state index contributed by atoms with van der Waals surface area (Å²) >= 11 is 0. The molecule has 1 aromatic heterocycles. The molecule has 2 rings (SSSR count). The summed E-state index contributed by atoms with van der Waals surface area (Å²) in [6.45, 7) is 0. The molecular formula is C10H10N2. The van der Waals surface area contributed by atoms with E-state index in [1.165, 1.54) is 0 Å². The van der Waals surface area contributed by atoms with Crippen LogP contribution in [0.1, 0.15) is 18.2 Å². The number of rotatable bonds is 1. The Bertz CT molecular complexity index is 301. The van der Waals surface area contributed by atoms with Crippen molar-refractivity contribution in [2.75, 3.05) is 0 Å². The van der Waals surface area contributed by atoms with Gasteiger partial charge in [0.2, 0.25) is 0 Å². The molecule has 0 fully saturated rings. The molecule has 1 aliphatic rings. The Balaban J connectivity index is 2.21. The topological polar surface area (TPSA) is 25.8 Å². The van der Waals surface area contributed by atoms with E-state index in [0.29, 0.717) is 5.92 Å². The molecule has 1 heterocycles. The van der Waals surface area contributed by atoms with Gasteiger partial charge < -0.3 is 0 Å². The lowest BCUT2D eigenvalue weighted by molar-refractivity contribution is 0.771. The fourth-order valence-electron chi connectivity index (χ4n) is 1.27. The van der Waals surface area contributed by atoms with Crippen molar-refractivity contribution in [2.45, 2.75) is 12.3 Å². The first-order chi connectivity index (χ1) is 5.97. The van der Waals surface area contributed by atoms with Crippen LogP contribution >= 0.6 is 0 Å². The lowest BCUT2D eigenvalue weighted by Gasteiger charge is -2.09. The van der Waals surface area contributed by atoms with Gasteiger partial charge in [-0.3, -0.25) is 0 Å². The van der Waals surface area contributed by atoms with Crippen molar-refractivity contribution in [1.29, 1.82) is 0 Å². The summed E-state index contributed by atoms with van der Waals surface area (Å²) in [5, 5.41) is 0. The van der Waals surface area contributed by atoms with Crippen molar-refractivity contribution >= 4 is 0 Å². The fourth-order valence-corrected chi connectivity index (χ4v) is 1.27. The molecule has 0 aliphatic heterocycles. The molecule has 1 aromatic rings. The first-order valence-corrected chi connectivity index (χ1v) is 4.07. The maximum absolute atomic E-state index is 4.21. The van der Waals surface area contributed by atoms with E-state index < -0.39 is 0 Å². The van der Waals surface area contributed by atoms with Gasteiger partial charge in [0.25, 0.3) is 0 Å². The van der Waals surface area contributed by atoms with Gasteiger partial charge in [0.1, 0.15) is 5.82 Å². The monoisotopic (exact) mass is 158 g/mol. The van der Waals surface area contributed by atoms with E-state index in [-0.39, 0.29) is 0 Å². The van der Waals surface area contributed by atoms with E-state index >= 15 is 0 Å². The molecule has 1 atom stereocenters. The van der Waals surface area contributed by atoms with Crippen LogP contribution < -0.4 is 0 Å². The van der Waals surface area contributed by atoms with Gasteiger partial charge in [-0.05, 0) is 12.5 Å². The maximum Gasteiger partial charge on any atom is 0.135 e. The zero-order valence-corrected chi connectivity index (χ0v) is 6.72. The van der Waals surface area contributed by atoms with Crippen LogP contribution in [0.15, 0.2) is 42.8 Å². The lowest BCUT2D eigenvalue weighted by Crippen LogP contribution is -2.01. The van der Waals surface area contributed by atoms with Crippen LogP contribution in [-0.2, 0) is 0 Å². The van der Waals surface area contributed by atoms with Gasteiger partial charge >= 0.3 is 0 Å². The third kappa shape index (κ3) is 1.42. The Kier molecular flexibility index (Phi) is 1.99. The van der Waals surface area contributed by atoms with Crippen LogP contribution in [0.5, 0.6) is 0 Å². The Hall–Kier alpha value is -1.44. The molecule has 0 saturated heterocycles. The van der Waals surface area contributed by atoms with Gasteiger partial charge in [0.15, 0.2) is 0 Å². The summed E-state index contributed by atoms with van der Waals surface area (Å²) in [6, 6.07) is 1.84.